The molecule has 1 unspecified atom stereocenters. The van der Waals surface area contributed by atoms with Crippen LogP contribution in [0, 0.1) is 0 Å². The van der Waals surface area contributed by atoms with Gasteiger partial charge in [0.15, 0.2) is 0 Å². The molecule has 0 aliphatic carbocycles. The average molecular weight is 287 g/mol. The van der Waals surface area contributed by atoms with Gasteiger partial charge in [-0.25, -0.2) is 8.51 Å². The third-order valence-electron chi connectivity index (χ3n) is 3.16. The lowest BCUT2D eigenvalue weighted by molar-refractivity contribution is 0.255. The van der Waals surface area contributed by atoms with E-state index in [1.54, 1.807) is 0 Å². The Hall–Kier alpha value is -0.490. The van der Waals surface area contributed by atoms with Crippen molar-refractivity contribution in [3.8, 4) is 0 Å². The number of hydrogen-bond acceptors (Lipinski definition) is 3. The zero-order chi connectivity index (χ0) is 14.6. The van der Waals surface area contributed by atoms with E-state index < -0.39 is 11.0 Å². The minimum Gasteiger partial charge on any atom is -0.396 e. The summed E-state index contributed by atoms with van der Waals surface area (Å²) in [6, 6.07) is -0.0656. The van der Waals surface area contributed by atoms with E-state index in [0.29, 0.717) is 19.4 Å². The molecular weight excluding hydrogens is 262 g/mol. The molecule has 0 bridgehead atoms. The van der Waals surface area contributed by atoms with Gasteiger partial charge in [0.2, 0.25) is 0 Å². The molecule has 2 N–H and O–H groups in total. The van der Waals surface area contributed by atoms with Crippen molar-refractivity contribution < 1.29 is 14.4 Å². The van der Waals surface area contributed by atoms with E-state index in [1.807, 2.05) is 31.2 Å². The Kier molecular flexibility index (Phi) is 5.92. The summed E-state index contributed by atoms with van der Waals surface area (Å²) in [6.07, 6.45) is 3.07. The second-order valence-electron chi connectivity index (χ2n) is 5.73. The van der Waals surface area contributed by atoms with Crippen LogP contribution >= 0.6 is 0 Å². The molecule has 1 heterocycles. The van der Waals surface area contributed by atoms with Crippen LogP contribution in [-0.4, -0.2) is 49.3 Å². The maximum atomic E-state index is 12.5. The molecule has 1 rings (SSSR count). The van der Waals surface area contributed by atoms with Crippen molar-refractivity contribution in [3.63, 3.8) is 0 Å². The molecule has 19 heavy (non-hydrogen) atoms. The average Bonchev–Trinajstić information content (AvgIpc) is 2.71. The Balaban J connectivity index is 2.89. The van der Waals surface area contributed by atoms with Gasteiger partial charge in [-0.15, -0.1) is 0 Å². The zero-order valence-electron chi connectivity index (χ0n) is 12.1. The third kappa shape index (κ3) is 3.99. The number of rotatable bonds is 6. The highest BCUT2D eigenvalue weighted by Gasteiger charge is 2.36. The molecule has 4 nitrogen and oxygen atoms in total. The van der Waals surface area contributed by atoms with Crippen LogP contribution in [0.4, 0.5) is 0 Å². The summed E-state index contributed by atoms with van der Waals surface area (Å²) in [7, 11) is -1.12. The van der Waals surface area contributed by atoms with Crippen molar-refractivity contribution in [2.75, 3.05) is 19.8 Å². The molecule has 0 saturated carbocycles. The number of hydrogen-bond donors (Lipinski definition) is 2. The van der Waals surface area contributed by atoms with Crippen molar-refractivity contribution in [3.05, 3.63) is 23.8 Å². The van der Waals surface area contributed by atoms with E-state index in [1.165, 1.54) is 0 Å². The van der Waals surface area contributed by atoms with Crippen molar-refractivity contribution in [1.29, 1.82) is 0 Å². The lowest BCUT2D eigenvalue weighted by Crippen LogP contribution is -2.42. The van der Waals surface area contributed by atoms with Gasteiger partial charge in [0.1, 0.15) is 11.0 Å². The molecule has 1 aliphatic heterocycles. The second-order valence-corrected chi connectivity index (χ2v) is 7.92. The Morgan fingerprint density at radius 3 is 2.58 bits per heavy atom. The molecule has 0 aromatic rings. The molecule has 2 atom stereocenters. The first-order valence-corrected chi connectivity index (χ1v) is 7.72. The number of aliphatic hydroxyl groups is 2. The maximum Gasteiger partial charge on any atom is 0.101 e. The Bertz CT molecular complexity index is 385. The Labute approximate surface area is 118 Å². The van der Waals surface area contributed by atoms with Gasteiger partial charge < -0.3 is 10.2 Å². The summed E-state index contributed by atoms with van der Waals surface area (Å²) in [5, 5.41) is 18.2. The summed E-state index contributed by atoms with van der Waals surface area (Å²) >= 11 is 0. The molecule has 0 saturated heterocycles. The van der Waals surface area contributed by atoms with Gasteiger partial charge in [-0.05, 0) is 44.8 Å². The van der Waals surface area contributed by atoms with Crippen molar-refractivity contribution in [2.45, 2.75) is 44.4 Å². The van der Waals surface area contributed by atoms with Crippen LogP contribution < -0.4 is 0 Å². The zero-order valence-corrected chi connectivity index (χ0v) is 12.9. The first-order valence-electron chi connectivity index (χ1n) is 6.61. The summed E-state index contributed by atoms with van der Waals surface area (Å²) in [6.45, 7) is 10.5. The highest BCUT2D eigenvalue weighted by atomic mass is 32.2. The molecule has 0 amide bonds. The molecule has 0 spiro atoms. The lowest BCUT2D eigenvalue weighted by Gasteiger charge is -2.31. The fraction of sp³-hybridized carbons (Fsp3) is 0.714. The molecular formula is C14H25NO3S. The van der Waals surface area contributed by atoms with Gasteiger partial charge >= 0.3 is 0 Å². The van der Waals surface area contributed by atoms with Gasteiger partial charge in [-0.1, -0.05) is 12.7 Å². The predicted octanol–water partition coefficient (Wildman–Crippen LogP) is 1.38. The summed E-state index contributed by atoms with van der Waals surface area (Å²) in [5.74, 6) is 0. The van der Waals surface area contributed by atoms with E-state index in [4.69, 9.17) is 5.11 Å². The summed E-state index contributed by atoms with van der Waals surface area (Å²) < 4.78 is 14.1. The van der Waals surface area contributed by atoms with Gasteiger partial charge in [0.25, 0.3) is 0 Å². The SMILES string of the molecule is C=C(CCO)C1=CCN(S(=O)C(C)(C)C)[C@@H]1CCO. The molecule has 0 fully saturated rings. The molecule has 110 valence electrons. The normalized spacial score (nSPS) is 22.4. The van der Waals surface area contributed by atoms with E-state index in [-0.39, 0.29) is 24.0 Å². The fourth-order valence-corrected chi connectivity index (χ4v) is 3.59. The second kappa shape index (κ2) is 6.79. The van der Waals surface area contributed by atoms with Gasteiger partial charge in [-0.2, -0.15) is 0 Å². The van der Waals surface area contributed by atoms with Gasteiger partial charge in [0, 0.05) is 25.8 Å². The van der Waals surface area contributed by atoms with E-state index in [9.17, 15) is 9.32 Å². The summed E-state index contributed by atoms with van der Waals surface area (Å²) in [4.78, 5) is 0. The van der Waals surface area contributed by atoms with Crippen LogP contribution in [0.15, 0.2) is 23.8 Å². The molecule has 0 aromatic carbocycles. The minimum atomic E-state index is -1.12. The van der Waals surface area contributed by atoms with Gasteiger partial charge in [-0.3, -0.25) is 0 Å². The molecule has 5 heteroatoms. The highest BCUT2D eigenvalue weighted by Crippen LogP contribution is 2.31. The number of aliphatic hydroxyl groups excluding tert-OH is 2. The van der Waals surface area contributed by atoms with Crippen LogP contribution in [0.25, 0.3) is 0 Å². The first kappa shape index (κ1) is 16.6. The lowest BCUT2D eigenvalue weighted by atomic mass is 9.97. The minimum absolute atomic E-state index is 0.0479. The predicted molar refractivity (Wildman–Crippen MR) is 79.0 cm³/mol. The van der Waals surface area contributed by atoms with E-state index in [0.717, 1.165) is 11.1 Å². The fourth-order valence-electron chi connectivity index (χ4n) is 2.22. The molecule has 0 radical (unpaired) electrons. The van der Waals surface area contributed by atoms with Crippen LogP contribution in [0.5, 0.6) is 0 Å². The largest absolute Gasteiger partial charge is 0.396 e. The smallest absolute Gasteiger partial charge is 0.101 e. The van der Waals surface area contributed by atoms with Crippen LogP contribution in [0.3, 0.4) is 0 Å². The van der Waals surface area contributed by atoms with Crippen LogP contribution in [0.2, 0.25) is 0 Å². The van der Waals surface area contributed by atoms with Crippen molar-refractivity contribution in [2.24, 2.45) is 0 Å². The van der Waals surface area contributed by atoms with Gasteiger partial charge in [0.05, 0.1) is 4.75 Å². The quantitative estimate of drug-likeness (QED) is 0.776. The molecule has 0 aromatic heterocycles. The van der Waals surface area contributed by atoms with E-state index >= 15 is 0 Å². The molecule has 1 aliphatic rings. The van der Waals surface area contributed by atoms with Crippen LogP contribution in [-0.2, 0) is 11.0 Å². The van der Waals surface area contributed by atoms with Crippen LogP contribution in [0.1, 0.15) is 33.6 Å². The topological polar surface area (TPSA) is 60.8 Å². The highest BCUT2D eigenvalue weighted by molar-refractivity contribution is 7.84. The van der Waals surface area contributed by atoms with Crippen molar-refractivity contribution in [1.82, 2.24) is 4.31 Å². The third-order valence-corrected chi connectivity index (χ3v) is 5.04. The number of nitrogens with zero attached hydrogens (tertiary/aromatic N) is 1. The first-order chi connectivity index (χ1) is 8.82. The summed E-state index contributed by atoms with van der Waals surface area (Å²) in [5.41, 5.74) is 1.88. The monoisotopic (exact) mass is 287 g/mol. The maximum absolute atomic E-state index is 12.5. The Morgan fingerprint density at radius 2 is 2.11 bits per heavy atom. The van der Waals surface area contributed by atoms with Crippen molar-refractivity contribution >= 4 is 11.0 Å². The standard InChI is InChI=1S/C14H25NO3S/c1-11(6-9-16)12-5-8-15(13(12)7-10-17)19(18)14(2,3)4/h5,13,16-17H,1,6-10H2,2-4H3/t13-,19?/m1/s1. The van der Waals surface area contributed by atoms with E-state index in [2.05, 4.69) is 6.58 Å². The Morgan fingerprint density at radius 1 is 1.47 bits per heavy atom.